The van der Waals surface area contributed by atoms with Crippen LogP contribution in [0.4, 0.5) is 0 Å². The van der Waals surface area contributed by atoms with Crippen molar-refractivity contribution in [1.29, 1.82) is 0 Å². The summed E-state index contributed by atoms with van der Waals surface area (Å²) in [5.41, 5.74) is 4.63. The molecule has 0 aromatic heterocycles. The quantitative estimate of drug-likeness (QED) is 0.699. The molecule has 0 N–H and O–H groups in total. The second-order valence-electron chi connectivity index (χ2n) is 5.32. The Kier molecular flexibility index (Phi) is 2.24. The Hall–Kier alpha value is -1.30. The van der Waals surface area contributed by atoms with E-state index in [1.165, 1.54) is 30.2 Å². The van der Waals surface area contributed by atoms with E-state index in [0.717, 1.165) is 5.92 Å². The molecule has 2 aromatic carbocycles. The van der Waals surface area contributed by atoms with Crippen LogP contribution in [0, 0.1) is 5.92 Å². The Morgan fingerprint density at radius 2 is 1.75 bits per heavy atom. The van der Waals surface area contributed by atoms with Crippen molar-refractivity contribution in [2.45, 2.75) is 33.1 Å². The molecule has 1 aliphatic rings. The Morgan fingerprint density at radius 1 is 1.00 bits per heavy atom. The van der Waals surface area contributed by atoms with Gasteiger partial charge in [-0.3, -0.25) is 0 Å². The van der Waals surface area contributed by atoms with Crippen LogP contribution < -0.4 is 0 Å². The van der Waals surface area contributed by atoms with Gasteiger partial charge in [-0.25, -0.2) is 0 Å². The largest absolute Gasteiger partial charge is 0.0625 e. The fourth-order valence-corrected chi connectivity index (χ4v) is 2.93. The molecule has 16 heavy (non-hydrogen) atoms. The van der Waals surface area contributed by atoms with Crippen LogP contribution in [0.25, 0.3) is 10.8 Å². The lowest BCUT2D eigenvalue weighted by atomic mass is 9.94. The minimum Gasteiger partial charge on any atom is -0.0625 e. The molecule has 3 rings (SSSR count). The number of hydrogen-bond acceptors (Lipinski definition) is 0. The minimum absolute atomic E-state index is 0.735. The predicted molar refractivity (Wildman–Crippen MR) is 69.9 cm³/mol. The van der Waals surface area contributed by atoms with Crippen molar-refractivity contribution in [3.63, 3.8) is 0 Å². The van der Waals surface area contributed by atoms with E-state index in [1.807, 2.05) is 0 Å². The average Bonchev–Trinajstić information content (AvgIpc) is 2.67. The fraction of sp³-hybridized carbons (Fsp3) is 0.375. The summed E-state index contributed by atoms with van der Waals surface area (Å²) in [7, 11) is 0. The number of aryl methyl sites for hydroxylation is 2. The minimum atomic E-state index is 0.735. The summed E-state index contributed by atoms with van der Waals surface area (Å²) in [6.07, 6.45) is 3.66. The first kappa shape index (κ1) is 9.89. The van der Waals surface area contributed by atoms with Gasteiger partial charge in [-0.15, -0.1) is 0 Å². The van der Waals surface area contributed by atoms with Gasteiger partial charge in [0.25, 0.3) is 0 Å². The third-order valence-corrected chi connectivity index (χ3v) is 3.60. The molecule has 0 fully saturated rings. The number of rotatable bonds is 2. The summed E-state index contributed by atoms with van der Waals surface area (Å²) in [6.45, 7) is 4.59. The van der Waals surface area contributed by atoms with Gasteiger partial charge in [0.15, 0.2) is 0 Å². The van der Waals surface area contributed by atoms with Gasteiger partial charge in [0.1, 0.15) is 0 Å². The molecule has 0 unspecified atom stereocenters. The molecular formula is C16H18. The van der Waals surface area contributed by atoms with Gasteiger partial charge in [0.05, 0.1) is 0 Å². The predicted octanol–water partition coefficient (Wildman–Crippen LogP) is 4.14. The maximum atomic E-state index is 2.34. The lowest BCUT2D eigenvalue weighted by Crippen LogP contribution is -1.95. The summed E-state index contributed by atoms with van der Waals surface area (Å²) in [6, 6.07) is 11.5. The molecule has 0 aliphatic heterocycles. The summed E-state index contributed by atoms with van der Waals surface area (Å²) in [4.78, 5) is 0. The van der Waals surface area contributed by atoms with E-state index in [-0.39, 0.29) is 0 Å². The SMILES string of the molecule is CC(C)Cc1ccc2c3c(cccc13)CC2. The third-order valence-electron chi connectivity index (χ3n) is 3.60. The van der Waals surface area contributed by atoms with Crippen LogP contribution in [-0.2, 0) is 19.3 Å². The number of hydrogen-bond donors (Lipinski definition) is 0. The molecule has 1 aliphatic carbocycles. The van der Waals surface area contributed by atoms with Gasteiger partial charge < -0.3 is 0 Å². The van der Waals surface area contributed by atoms with Crippen molar-refractivity contribution in [2.24, 2.45) is 5.92 Å². The molecule has 82 valence electrons. The van der Waals surface area contributed by atoms with E-state index in [9.17, 15) is 0 Å². The van der Waals surface area contributed by atoms with Crippen molar-refractivity contribution in [1.82, 2.24) is 0 Å². The monoisotopic (exact) mass is 210 g/mol. The van der Waals surface area contributed by atoms with E-state index in [4.69, 9.17) is 0 Å². The Bertz CT molecular complexity index is 525. The van der Waals surface area contributed by atoms with E-state index in [1.54, 1.807) is 16.5 Å². The molecule has 0 saturated heterocycles. The Balaban J connectivity index is 2.25. The van der Waals surface area contributed by atoms with E-state index in [0.29, 0.717) is 0 Å². The molecule has 0 saturated carbocycles. The van der Waals surface area contributed by atoms with E-state index < -0.39 is 0 Å². The first-order valence-electron chi connectivity index (χ1n) is 6.28. The van der Waals surface area contributed by atoms with Crippen LogP contribution >= 0.6 is 0 Å². The lowest BCUT2D eigenvalue weighted by molar-refractivity contribution is 0.650. The second kappa shape index (κ2) is 3.62. The molecular weight excluding hydrogens is 192 g/mol. The lowest BCUT2D eigenvalue weighted by Gasteiger charge is -2.10. The van der Waals surface area contributed by atoms with Crippen molar-refractivity contribution >= 4 is 10.8 Å². The van der Waals surface area contributed by atoms with Crippen molar-refractivity contribution in [3.8, 4) is 0 Å². The normalized spacial score (nSPS) is 13.9. The van der Waals surface area contributed by atoms with Gasteiger partial charge in [0.2, 0.25) is 0 Å². The molecule has 0 heterocycles. The van der Waals surface area contributed by atoms with Gasteiger partial charge >= 0.3 is 0 Å². The molecule has 0 radical (unpaired) electrons. The van der Waals surface area contributed by atoms with Crippen molar-refractivity contribution in [3.05, 3.63) is 47.0 Å². The molecule has 0 atom stereocenters. The zero-order valence-electron chi connectivity index (χ0n) is 10.1. The van der Waals surface area contributed by atoms with Crippen LogP contribution in [0.15, 0.2) is 30.3 Å². The topological polar surface area (TPSA) is 0 Å². The van der Waals surface area contributed by atoms with Gasteiger partial charge in [-0.2, -0.15) is 0 Å². The highest BCUT2D eigenvalue weighted by Gasteiger charge is 2.15. The first-order chi connectivity index (χ1) is 7.75. The van der Waals surface area contributed by atoms with Crippen LogP contribution in [0.1, 0.15) is 30.5 Å². The van der Waals surface area contributed by atoms with Crippen LogP contribution in [-0.4, -0.2) is 0 Å². The highest BCUT2D eigenvalue weighted by atomic mass is 14.2. The molecule has 0 amide bonds. The summed E-state index contributed by atoms with van der Waals surface area (Å²) in [5.74, 6) is 0.735. The molecule has 0 spiro atoms. The second-order valence-corrected chi connectivity index (χ2v) is 5.32. The smallest absolute Gasteiger partial charge is 0.0117 e. The Labute approximate surface area is 97.3 Å². The van der Waals surface area contributed by atoms with Crippen molar-refractivity contribution < 1.29 is 0 Å². The van der Waals surface area contributed by atoms with Gasteiger partial charge in [-0.1, -0.05) is 44.2 Å². The fourth-order valence-electron chi connectivity index (χ4n) is 2.93. The zero-order valence-corrected chi connectivity index (χ0v) is 10.1. The van der Waals surface area contributed by atoms with Crippen LogP contribution in [0.5, 0.6) is 0 Å². The molecule has 2 aromatic rings. The average molecular weight is 210 g/mol. The zero-order chi connectivity index (χ0) is 11.1. The van der Waals surface area contributed by atoms with Crippen molar-refractivity contribution in [2.75, 3.05) is 0 Å². The van der Waals surface area contributed by atoms with E-state index in [2.05, 4.69) is 44.2 Å². The molecule has 0 heteroatoms. The maximum Gasteiger partial charge on any atom is -0.0117 e. The van der Waals surface area contributed by atoms with Crippen LogP contribution in [0.3, 0.4) is 0 Å². The van der Waals surface area contributed by atoms with Gasteiger partial charge in [-0.05, 0) is 52.6 Å². The summed E-state index contributed by atoms with van der Waals surface area (Å²) < 4.78 is 0. The highest BCUT2D eigenvalue weighted by molar-refractivity contribution is 5.93. The Morgan fingerprint density at radius 3 is 2.50 bits per heavy atom. The highest BCUT2D eigenvalue weighted by Crippen LogP contribution is 2.33. The van der Waals surface area contributed by atoms with Gasteiger partial charge in [0, 0.05) is 0 Å². The number of benzene rings is 2. The summed E-state index contributed by atoms with van der Waals surface area (Å²) in [5, 5.41) is 3.06. The molecule has 0 bridgehead atoms. The van der Waals surface area contributed by atoms with E-state index >= 15 is 0 Å². The third kappa shape index (κ3) is 1.44. The summed E-state index contributed by atoms with van der Waals surface area (Å²) >= 11 is 0. The maximum absolute atomic E-state index is 2.34. The van der Waals surface area contributed by atoms with Crippen LogP contribution in [0.2, 0.25) is 0 Å². The first-order valence-corrected chi connectivity index (χ1v) is 6.28. The molecule has 0 nitrogen and oxygen atoms in total. The standard InChI is InChI=1S/C16H18/c1-11(2)10-14-9-8-13-7-6-12-4-3-5-15(14)16(12)13/h3-5,8-9,11H,6-7,10H2,1-2H3.